The van der Waals surface area contributed by atoms with E-state index in [1.807, 2.05) is 55.5 Å². The van der Waals surface area contributed by atoms with Crippen molar-refractivity contribution in [1.29, 1.82) is 0 Å². The highest BCUT2D eigenvalue weighted by Gasteiger charge is 2.50. The number of fused-ring (bicyclic) bond motifs is 3. The molecule has 0 aromatic heterocycles. The van der Waals surface area contributed by atoms with Gasteiger partial charge in [0, 0.05) is 22.0 Å². The van der Waals surface area contributed by atoms with Crippen LogP contribution in [0.2, 0.25) is 0 Å². The predicted molar refractivity (Wildman–Crippen MR) is 85.3 cm³/mol. The average molecular weight is 341 g/mol. The Labute approximate surface area is 131 Å². The Kier molecular flexibility index (Phi) is 2.64. The molecule has 21 heavy (non-hydrogen) atoms. The normalized spacial score (nSPS) is 22.6. The summed E-state index contributed by atoms with van der Waals surface area (Å²) in [5.41, 5.74) is 2.97. The number of carbonyl (C=O) groups is 1. The van der Waals surface area contributed by atoms with Gasteiger partial charge in [-0.25, -0.2) is 0 Å². The molecule has 2 aliphatic rings. The van der Waals surface area contributed by atoms with Crippen LogP contribution < -0.4 is 4.74 Å². The van der Waals surface area contributed by atoms with Crippen LogP contribution >= 0.6 is 15.9 Å². The highest BCUT2D eigenvalue weighted by Crippen LogP contribution is 2.47. The molecule has 1 spiro atoms. The minimum atomic E-state index is -0.890. The number of rotatable bonds is 0. The van der Waals surface area contributed by atoms with Crippen LogP contribution in [-0.2, 0) is 16.8 Å². The Bertz CT molecular complexity index is 807. The lowest BCUT2D eigenvalue weighted by Gasteiger charge is -2.32. The predicted octanol–water partition coefficient (Wildman–Crippen LogP) is 4.27. The third-order valence-corrected chi connectivity index (χ3v) is 4.73. The number of halogens is 1. The molecular weight excluding hydrogens is 328 g/mol. The lowest BCUT2D eigenvalue weighted by Crippen LogP contribution is -2.43. The maximum absolute atomic E-state index is 12.9. The molecular formula is C18H13BrO2. The third-order valence-electron chi connectivity index (χ3n) is 4.24. The molecule has 0 bridgehead atoms. The van der Waals surface area contributed by atoms with Gasteiger partial charge in [0.25, 0.3) is 0 Å². The van der Waals surface area contributed by atoms with Gasteiger partial charge in [0.05, 0.1) is 0 Å². The molecule has 2 nitrogen and oxygen atoms in total. The second-order valence-electron chi connectivity index (χ2n) is 5.60. The van der Waals surface area contributed by atoms with Gasteiger partial charge in [-0.15, -0.1) is 0 Å². The molecule has 1 aliphatic heterocycles. The molecule has 0 unspecified atom stereocenters. The molecule has 4 rings (SSSR count). The first-order chi connectivity index (χ1) is 10.1. The molecule has 1 atom stereocenters. The van der Waals surface area contributed by atoms with Crippen molar-refractivity contribution in [3.05, 3.63) is 69.2 Å². The number of ether oxygens (including phenoxy) is 1. The van der Waals surface area contributed by atoms with Crippen LogP contribution in [-0.4, -0.2) is 5.78 Å². The number of hydrogen-bond acceptors (Lipinski definition) is 2. The first-order valence-corrected chi connectivity index (χ1v) is 7.69. The van der Waals surface area contributed by atoms with Gasteiger partial charge in [-0.2, -0.15) is 0 Å². The largest absolute Gasteiger partial charge is 0.474 e. The second-order valence-corrected chi connectivity index (χ2v) is 6.52. The van der Waals surface area contributed by atoms with Gasteiger partial charge >= 0.3 is 0 Å². The minimum Gasteiger partial charge on any atom is -0.474 e. The average Bonchev–Trinajstić information content (AvgIpc) is 2.85. The van der Waals surface area contributed by atoms with E-state index in [9.17, 15) is 4.79 Å². The van der Waals surface area contributed by atoms with Crippen LogP contribution in [0.3, 0.4) is 0 Å². The van der Waals surface area contributed by atoms with E-state index in [0.29, 0.717) is 6.42 Å². The molecule has 0 radical (unpaired) electrons. The van der Waals surface area contributed by atoms with Crippen LogP contribution in [0.25, 0.3) is 6.08 Å². The summed E-state index contributed by atoms with van der Waals surface area (Å²) in [5.74, 6) is 0.865. The number of Topliss-reactive ketones (excluding diaryl/α,β-unsaturated/α-hetero) is 1. The quantitative estimate of drug-likeness (QED) is 0.716. The second kappa shape index (κ2) is 4.31. The Hall–Kier alpha value is -1.87. The van der Waals surface area contributed by atoms with E-state index in [4.69, 9.17) is 4.74 Å². The molecule has 2 aromatic carbocycles. The standard InChI is InChI=1S/C18H13BrO2/c1-11-8-12-4-2-3-5-15(12)18(17(11)20)10-13-9-14(19)6-7-16(13)21-18/h2-9H,10H2,1H3/t18-/m1/s1. The van der Waals surface area contributed by atoms with E-state index in [-0.39, 0.29) is 5.78 Å². The van der Waals surface area contributed by atoms with Crippen LogP contribution in [0.4, 0.5) is 0 Å². The Morgan fingerprint density at radius 3 is 2.86 bits per heavy atom. The van der Waals surface area contributed by atoms with E-state index in [2.05, 4.69) is 15.9 Å². The topological polar surface area (TPSA) is 26.3 Å². The van der Waals surface area contributed by atoms with Crippen molar-refractivity contribution < 1.29 is 9.53 Å². The van der Waals surface area contributed by atoms with Crippen molar-refractivity contribution in [2.24, 2.45) is 0 Å². The lowest BCUT2D eigenvalue weighted by molar-refractivity contribution is -0.130. The van der Waals surface area contributed by atoms with Crippen LogP contribution in [0.15, 0.2) is 52.5 Å². The molecule has 3 heteroatoms. The SMILES string of the molecule is CC1=Cc2ccccc2[C@]2(Cc3cc(Br)ccc3O2)C1=O. The van der Waals surface area contributed by atoms with Gasteiger partial charge in [0.15, 0.2) is 0 Å². The summed E-state index contributed by atoms with van der Waals surface area (Å²) in [4.78, 5) is 12.9. The zero-order valence-corrected chi connectivity index (χ0v) is 13.1. The first-order valence-electron chi connectivity index (χ1n) is 6.90. The van der Waals surface area contributed by atoms with Gasteiger partial charge in [-0.3, -0.25) is 4.79 Å². The van der Waals surface area contributed by atoms with Gasteiger partial charge in [0.1, 0.15) is 5.75 Å². The summed E-state index contributed by atoms with van der Waals surface area (Å²) >= 11 is 3.48. The number of carbonyl (C=O) groups excluding carboxylic acids is 1. The monoisotopic (exact) mass is 340 g/mol. The Morgan fingerprint density at radius 1 is 1.19 bits per heavy atom. The number of ketones is 1. The summed E-state index contributed by atoms with van der Waals surface area (Å²) in [6, 6.07) is 13.9. The van der Waals surface area contributed by atoms with E-state index in [0.717, 1.165) is 32.5 Å². The fraction of sp³-hybridized carbons (Fsp3) is 0.167. The van der Waals surface area contributed by atoms with E-state index in [1.165, 1.54) is 0 Å². The minimum absolute atomic E-state index is 0.0634. The zero-order valence-electron chi connectivity index (χ0n) is 11.5. The van der Waals surface area contributed by atoms with Gasteiger partial charge < -0.3 is 4.74 Å². The maximum Gasteiger partial charge on any atom is 0.207 e. The number of hydrogen-bond donors (Lipinski definition) is 0. The van der Waals surface area contributed by atoms with Crippen molar-refractivity contribution in [2.45, 2.75) is 18.9 Å². The molecule has 0 amide bonds. The zero-order chi connectivity index (χ0) is 14.6. The molecule has 1 aliphatic carbocycles. The van der Waals surface area contributed by atoms with E-state index < -0.39 is 5.60 Å². The smallest absolute Gasteiger partial charge is 0.207 e. The van der Waals surface area contributed by atoms with Crippen LogP contribution in [0.5, 0.6) is 5.75 Å². The van der Waals surface area contributed by atoms with E-state index >= 15 is 0 Å². The highest BCUT2D eigenvalue weighted by molar-refractivity contribution is 9.10. The molecule has 1 heterocycles. The highest BCUT2D eigenvalue weighted by atomic mass is 79.9. The maximum atomic E-state index is 12.9. The Morgan fingerprint density at radius 2 is 2.00 bits per heavy atom. The molecule has 2 aromatic rings. The van der Waals surface area contributed by atoms with Crippen molar-refractivity contribution >= 4 is 27.8 Å². The van der Waals surface area contributed by atoms with Crippen LogP contribution in [0, 0.1) is 0 Å². The fourth-order valence-corrected chi connectivity index (χ4v) is 3.69. The molecule has 0 saturated heterocycles. The van der Waals surface area contributed by atoms with Crippen molar-refractivity contribution in [2.75, 3.05) is 0 Å². The molecule has 0 N–H and O–H groups in total. The summed E-state index contributed by atoms with van der Waals surface area (Å²) in [7, 11) is 0. The van der Waals surface area contributed by atoms with Crippen molar-refractivity contribution in [3.8, 4) is 5.75 Å². The van der Waals surface area contributed by atoms with Crippen LogP contribution in [0.1, 0.15) is 23.6 Å². The van der Waals surface area contributed by atoms with Gasteiger partial charge in [-0.05, 0) is 42.3 Å². The van der Waals surface area contributed by atoms with Gasteiger partial charge in [-0.1, -0.05) is 40.2 Å². The van der Waals surface area contributed by atoms with Gasteiger partial charge in [0.2, 0.25) is 11.4 Å². The summed E-state index contributed by atoms with van der Waals surface area (Å²) < 4.78 is 7.19. The van der Waals surface area contributed by atoms with Crippen molar-refractivity contribution in [1.82, 2.24) is 0 Å². The summed E-state index contributed by atoms with van der Waals surface area (Å²) in [6.45, 7) is 1.86. The summed E-state index contributed by atoms with van der Waals surface area (Å²) in [5, 5.41) is 0. The first kappa shape index (κ1) is 12.8. The third kappa shape index (κ3) is 1.74. The van der Waals surface area contributed by atoms with Crippen molar-refractivity contribution in [3.63, 3.8) is 0 Å². The Balaban J connectivity index is 1.93. The van der Waals surface area contributed by atoms with E-state index in [1.54, 1.807) is 0 Å². The lowest BCUT2D eigenvalue weighted by atomic mass is 9.76. The summed E-state index contributed by atoms with van der Waals surface area (Å²) in [6.07, 6.45) is 2.54. The molecule has 0 saturated carbocycles. The fourth-order valence-electron chi connectivity index (χ4n) is 3.28. The number of benzene rings is 2. The molecule has 0 fully saturated rings. The molecule has 104 valence electrons.